The fourth-order valence-electron chi connectivity index (χ4n) is 3.22. The van der Waals surface area contributed by atoms with Crippen LogP contribution in [0.2, 0.25) is 0 Å². The van der Waals surface area contributed by atoms with Crippen LogP contribution in [0, 0.1) is 0 Å². The average molecular weight is 424 g/mol. The van der Waals surface area contributed by atoms with Crippen molar-refractivity contribution in [1.82, 2.24) is 14.7 Å². The van der Waals surface area contributed by atoms with Gasteiger partial charge in [0.15, 0.2) is 0 Å². The smallest absolute Gasteiger partial charge is 0.257 e. The Kier molecular flexibility index (Phi) is 8.06. The highest BCUT2D eigenvalue weighted by Crippen LogP contribution is 2.13. The molecule has 2 heterocycles. The van der Waals surface area contributed by atoms with Crippen LogP contribution in [-0.2, 0) is 17.9 Å². The minimum absolute atomic E-state index is 0.00939. The van der Waals surface area contributed by atoms with Gasteiger partial charge in [-0.1, -0.05) is 30.3 Å². The zero-order chi connectivity index (χ0) is 22.1. The van der Waals surface area contributed by atoms with Gasteiger partial charge in [-0.05, 0) is 37.9 Å². The van der Waals surface area contributed by atoms with Crippen LogP contribution in [0.15, 0.2) is 76.2 Å². The van der Waals surface area contributed by atoms with Gasteiger partial charge in [-0.15, -0.1) is 0 Å². The normalized spacial score (nSPS) is 10.9. The summed E-state index contributed by atoms with van der Waals surface area (Å²) in [6.45, 7) is 2.51. The SMILES string of the molecule is CN(C)CCN(Cc1ccccc1)C(=O)CCN(Cc1ccco1)C(=O)c1ccoc1. The van der Waals surface area contributed by atoms with Crippen LogP contribution in [0.25, 0.3) is 0 Å². The highest BCUT2D eigenvalue weighted by Gasteiger charge is 2.21. The molecule has 1 aromatic carbocycles. The predicted octanol–water partition coefficient (Wildman–Crippen LogP) is 3.50. The van der Waals surface area contributed by atoms with E-state index < -0.39 is 0 Å². The molecule has 0 aliphatic rings. The molecule has 0 aliphatic heterocycles. The number of nitrogens with zero attached hydrogens (tertiary/aromatic N) is 3. The van der Waals surface area contributed by atoms with Gasteiger partial charge >= 0.3 is 0 Å². The summed E-state index contributed by atoms with van der Waals surface area (Å²) in [5.74, 6) is 0.481. The average Bonchev–Trinajstić information content (AvgIpc) is 3.48. The summed E-state index contributed by atoms with van der Waals surface area (Å²) in [6.07, 6.45) is 4.68. The second-order valence-electron chi connectivity index (χ2n) is 7.67. The van der Waals surface area contributed by atoms with Gasteiger partial charge in [0.1, 0.15) is 12.0 Å². The summed E-state index contributed by atoms with van der Waals surface area (Å²) in [6, 6.07) is 15.2. The van der Waals surface area contributed by atoms with Gasteiger partial charge in [-0.3, -0.25) is 9.59 Å². The van der Waals surface area contributed by atoms with E-state index in [1.165, 1.54) is 12.5 Å². The fourth-order valence-corrected chi connectivity index (χ4v) is 3.22. The number of benzene rings is 1. The predicted molar refractivity (Wildman–Crippen MR) is 117 cm³/mol. The van der Waals surface area contributed by atoms with Crippen molar-refractivity contribution in [1.29, 1.82) is 0 Å². The summed E-state index contributed by atoms with van der Waals surface area (Å²) in [5, 5.41) is 0. The van der Waals surface area contributed by atoms with Gasteiger partial charge in [-0.25, -0.2) is 0 Å². The number of hydrogen-bond donors (Lipinski definition) is 0. The molecule has 0 bridgehead atoms. The Morgan fingerprint density at radius 2 is 1.65 bits per heavy atom. The van der Waals surface area contributed by atoms with Gasteiger partial charge in [0.2, 0.25) is 5.91 Å². The first-order valence-corrected chi connectivity index (χ1v) is 10.3. The molecule has 0 aliphatic carbocycles. The Labute approximate surface area is 182 Å². The molecule has 0 unspecified atom stereocenters. The van der Waals surface area contributed by atoms with Gasteiger partial charge in [0, 0.05) is 32.6 Å². The lowest BCUT2D eigenvalue weighted by molar-refractivity contribution is -0.132. The van der Waals surface area contributed by atoms with Crippen molar-refractivity contribution >= 4 is 11.8 Å². The number of furan rings is 2. The molecular formula is C24H29N3O4. The van der Waals surface area contributed by atoms with Gasteiger partial charge < -0.3 is 23.5 Å². The van der Waals surface area contributed by atoms with Gasteiger partial charge in [0.25, 0.3) is 5.91 Å². The first-order valence-electron chi connectivity index (χ1n) is 10.3. The molecule has 7 nitrogen and oxygen atoms in total. The Balaban J connectivity index is 1.67. The van der Waals surface area contributed by atoms with E-state index in [1.807, 2.05) is 55.4 Å². The summed E-state index contributed by atoms with van der Waals surface area (Å²) in [5.41, 5.74) is 1.53. The zero-order valence-corrected chi connectivity index (χ0v) is 18.1. The molecule has 0 saturated carbocycles. The van der Waals surface area contributed by atoms with Crippen LogP contribution in [0.4, 0.5) is 0 Å². The largest absolute Gasteiger partial charge is 0.472 e. The second-order valence-corrected chi connectivity index (χ2v) is 7.67. The Bertz CT molecular complexity index is 921. The van der Waals surface area contributed by atoms with Crippen molar-refractivity contribution < 1.29 is 18.4 Å². The molecule has 3 rings (SSSR count). The monoisotopic (exact) mass is 423 g/mol. The topological polar surface area (TPSA) is 70.1 Å². The highest BCUT2D eigenvalue weighted by atomic mass is 16.3. The van der Waals surface area contributed by atoms with Crippen LogP contribution in [0.1, 0.15) is 28.1 Å². The third kappa shape index (κ3) is 6.86. The minimum atomic E-state index is -0.194. The number of carbonyl (C=O) groups excluding carboxylic acids is 2. The van der Waals surface area contributed by atoms with Gasteiger partial charge in [-0.2, -0.15) is 0 Å². The fraction of sp³-hybridized carbons (Fsp3) is 0.333. The van der Waals surface area contributed by atoms with E-state index in [-0.39, 0.29) is 24.8 Å². The third-order valence-corrected chi connectivity index (χ3v) is 4.96. The molecule has 0 atom stereocenters. The summed E-state index contributed by atoms with van der Waals surface area (Å²) >= 11 is 0. The molecule has 164 valence electrons. The summed E-state index contributed by atoms with van der Waals surface area (Å²) < 4.78 is 10.5. The molecule has 7 heteroatoms. The van der Waals surface area contributed by atoms with Crippen LogP contribution in [0.5, 0.6) is 0 Å². The summed E-state index contributed by atoms with van der Waals surface area (Å²) in [7, 11) is 3.97. The molecule has 2 aromatic heterocycles. The Morgan fingerprint density at radius 1 is 0.839 bits per heavy atom. The molecule has 31 heavy (non-hydrogen) atoms. The van der Waals surface area contributed by atoms with E-state index in [0.717, 1.165) is 12.1 Å². The minimum Gasteiger partial charge on any atom is -0.472 e. The van der Waals surface area contributed by atoms with Crippen LogP contribution in [-0.4, -0.2) is 60.2 Å². The number of amides is 2. The summed E-state index contributed by atoms with van der Waals surface area (Å²) in [4.78, 5) is 31.5. The van der Waals surface area contributed by atoms with Crippen molar-refractivity contribution in [3.8, 4) is 0 Å². The maximum atomic E-state index is 13.1. The molecule has 0 radical (unpaired) electrons. The molecular weight excluding hydrogens is 394 g/mol. The van der Waals surface area contributed by atoms with Crippen molar-refractivity contribution in [3.63, 3.8) is 0 Å². The molecule has 0 spiro atoms. The van der Waals surface area contributed by atoms with Crippen molar-refractivity contribution in [2.75, 3.05) is 33.7 Å². The van der Waals surface area contributed by atoms with E-state index in [2.05, 4.69) is 4.90 Å². The number of carbonyl (C=O) groups is 2. The lowest BCUT2D eigenvalue weighted by Gasteiger charge is -2.27. The van der Waals surface area contributed by atoms with E-state index in [9.17, 15) is 9.59 Å². The maximum Gasteiger partial charge on any atom is 0.257 e. The molecule has 2 amide bonds. The lowest BCUT2D eigenvalue weighted by atomic mass is 10.2. The first-order chi connectivity index (χ1) is 15.0. The molecule has 0 saturated heterocycles. The first kappa shape index (κ1) is 22.4. The van der Waals surface area contributed by atoms with Crippen LogP contribution < -0.4 is 0 Å². The number of hydrogen-bond acceptors (Lipinski definition) is 5. The van der Waals surface area contributed by atoms with Crippen LogP contribution >= 0.6 is 0 Å². The van der Waals surface area contributed by atoms with E-state index in [1.54, 1.807) is 23.3 Å². The Hall–Kier alpha value is -3.32. The van der Waals surface area contributed by atoms with E-state index >= 15 is 0 Å². The lowest BCUT2D eigenvalue weighted by Crippen LogP contribution is -2.39. The highest BCUT2D eigenvalue weighted by molar-refractivity contribution is 5.94. The molecule has 3 aromatic rings. The van der Waals surface area contributed by atoms with Crippen molar-refractivity contribution in [2.24, 2.45) is 0 Å². The molecule has 0 N–H and O–H groups in total. The van der Waals surface area contributed by atoms with E-state index in [0.29, 0.717) is 31.0 Å². The van der Waals surface area contributed by atoms with Gasteiger partial charge in [0.05, 0.1) is 24.6 Å². The maximum absolute atomic E-state index is 13.1. The van der Waals surface area contributed by atoms with E-state index in [4.69, 9.17) is 8.83 Å². The van der Waals surface area contributed by atoms with Crippen molar-refractivity contribution in [2.45, 2.75) is 19.5 Å². The second kappa shape index (κ2) is 11.2. The Morgan fingerprint density at radius 3 is 2.29 bits per heavy atom. The number of rotatable bonds is 11. The standard InChI is InChI=1S/C24H29N3O4/c1-25(2)13-14-26(17-20-7-4-3-5-8-20)23(28)10-12-27(18-22-9-6-15-31-22)24(29)21-11-16-30-19-21/h3-9,11,15-16,19H,10,12-14,17-18H2,1-2H3. The quantitative estimate of drug-likeness (QED) is 0.472. The van der Waals surface area contributed by atoms with Crippen LogP contribution in [0.3, 0.4) is 0 Å². The zero-order valence-electron chi connectivity index (χ0n) is 18.1. The van der Waals surface area contributed by atoms with Crippen molar-refractivity contribution in [3.05, 3.63) is 84.2 Å². The molecule has 0 fully saturated rings. The number of likely N-dealkylation sites (N-methyl/N-ethyl adjacent to an activating group) is 1. The third-order valence-electron chi connectivity index (χ3n) is 4.96.